The SMILES string of the molecule is O=C([O-])CCCC(=O)N1CCC([C@H]2c3ncc(Br)cc3CCc3cc(Cl)cc(Br)c32)CC1.[Na+]. The second kappa shape index (κ2) is 12.0. The number of carboxylic acid groups (broad SMARTS) is 1. The van der Waals surface area contributed by atoms with Crippen LogP contribution in [-0.2, 0) is 22.4 Å². The van der Waals surface area contributed by atoms with Crippen LogP contribution in [0.4, 0.5) is 0 Å². The molecule has 1 aliphatic heterocycles. The van der Waals surface area contributed by atoms with Crippen LogP contribution in [-0.4, -0.2) is 34.8 Å². The molecular weight excluding hydrogens is 583 g/mol. The Kier molecular flexibility index (Phi) is 9.87. The van der Waals surface area contributed by atoms with Crippen LogP contribution in [0.2, 0.25) is 5.02 Å². The summed E-state index contributed by atoms with van der Waals surface area (Å²) in [6.45, 7) is 1.36. The average molecular weight is 607 g/mol. The number of rotatable bonds is 5. The number of amides is 1. The Balaban J connectivity index is 0.00000306. The summed E-state index contributed by atoms with van der Waals surface area (Å²) in [6.07, 6.45) is 5.96. The van der Waals surface area contributed by atoms with Crippen LogP contribution >= 0.6 is 43.5 Å². The molecule has 5 nitrogen and oxygen atoms in total. The number of halogens is 3. The minimum atomic E-state index is -1.10. The normalized spacial score (nSPS) is 18.0. The Morgan fingerprint density at radius 3 is 2.48 bits per heavy atom. The molecule has 0 N–H and O–H groups in total. The van der Waals surface area contributed by atoms with E-state index in [1.54, 1.807) is 0 Å². The fourth-order valence-electron chi connectivity index (χ4n) is 5.05. The molecule has 4 rings (SSSR count). The van der Waals surface area contributed by atoms with Gasteiger partial charge in [0.15, 0.2) is 0 Å². The quantitative estimate of drug-likeness (QED) is 0.486. The molecule has 0 saturated carbocycles. The minimum absolute atomic E-state index is 0. The van der Waals surface area contributed by atoms with E-state index in [2.05, 4.69) is 44.0 Å². The van der Waals surface area contributed by atoms with Crippen molar-refractivity contribution in [2.75, 3.05) is 13.1 Å². The number of aliphatic carboxylic acids is 1. The van der Waals surface area contributed by atoms with Crippen LogP contribution in [0.25, 0.3) is 0 Å². The second-order valence-corrected chi connectivity index (χ2v) is 10.8. The van der Waals surface area contributed by atoms with Crippen LogP contribution in [0.1, 0.15) is 60.4 Å². The number of hydrogen-bond donors (Lipinski definition) is 0. The molecule has 0 bridgehead atoms. The summed E-state index contributed by atoms with van der Waals surface area (Å²) in [4.78, 5) is 29.9. The van der Waals surface area contributed by atoms with Gasteiger partial charge >= 0.3 is 29.6 Å². The summed E-state index contributed by atoms with van der Waals surface area (Å²) in [5.74, 6) is -0.588. The Morgan fingerprint density at radius 2 is 1.79 bits per heavy atom. The number of pyridine rings is 1. The third-order valence-corrected chi connectivity index (χ3v) is 7.86. The van der Waals surface area contributed by atoms with Crippen molar-refractivity contribution in [1.29, 1.82) is 0 Å². The summed E-state index contributed by atoms with van der Waals surface area (Å²) >= 11 is 13.7. The van der Waals surface area contributed by atoms with Gasteiger partial charge in [-0.25, -0.2) is 0 Å². The van der Waals surface area contributed by atoms with Crippen molar-refractivity contribution in [3.63, 3.8) is 0 Å². The van der Waals surface area contributed by atoms with Gasteiger partial charge in [0.25, 0.3) is 0 Å². The van der Waals surface area contributed by atoms with Crippen molar-refractivity contribution >= 4 is 55.3 Å². The number of hydrogen-bond acceptors (Lipinski definition) is 4. The maximum absolute atomic E-state index is 12.5. The average Bonchev–Trinajstić information content (AvgIpc) is 2.90. The molecule has 0 spiro atoms. The van der Waals surface area contributed by atoms with Crippen LogP contribution in [0.5, 0.6) is 0 Å². The first-order valence-corrected chi connectivity index (χ1v) is 12.9. The topological polar surface area (TPSA) is 73.3 Å². The maximum Gasteiger partial charge on any atom is 1.00 e. The zero-order chi connectivity index (χ0) is 22.8. The molecule has 2 aliphatic rings. The summed E-state index contributed by atoms with van der Waals surface area (Å²) < 4.78 is 2.00. The van der Waals surface area contributed by atoms with E-state index >= 15 is 0 Å². The van der Waals surface area contributed by atoms with E-state index in [1.165, 1.54) is 16.7 Å². The van der Waals surface area contributed by atoms with Gasteiger partial charge in [-0.3, -0.25) is 9.78 Å². The Labute approximate surface area is 238 Å². The van der Waals surface area contributed by atoms with Gasteiger partial charge in [0, 0.05) is 51.6 Å². The van der Waals surface area contributed by atoms with Gasteiger partial charge in [0.05, 0.1) is 5.69 Å². The van der Waals surface area contributed by atoms with Crippen molar-refractivity contribution in [2.24, 2.45) is 5.92 Å². The molecule has 1 atom stereocenters. The maximum atomic E-state index is 12.5. The summed E-state index contributed by atoms with van der Waals surface area (Å²) in [5, 5.41) is 11.3. The Hall–Kier alpha value is -0.440. The zero-order valence-corrected chi connectivity index (χ0v) is 24.5. The second-order valence-electron chi connectivity index (χ2n) is 8.58. The van der Waals surface area contributed by atoms with Crippen LogP contribution in [0, 0.1) is 5.92 Å². The summed E-state index contributed by atoms with van der Waals surface area (Å²) in [7, 11) is 0. The van der Waals surface area contributed by atoms with Crippen molar-refractivity contribution < 1.29 is 44.3 Å². The third kappa shape index (κ3) is 6.42. The first-order valence-electron chi connectivity index (χ1n) is 10.9. The molecule has 9 heteroatoms. The van der Waals surface area contributed by atoms with E-state index in [0.29, 0.717) is 25.4 Å². The number of carbonyl (C=O) groups is 2. The summed E-state index contributed by atoms with van der Waals surface area (Å²) in [6, 6.07) is 6.21. The van der Waals surface area contributed by atoms with Crippen molar-refractivity contribution in [3.8, 4) is 0 Å². The standard InChI is InChI=1S/C24H25Br2ClN2O3.Na/c25-17-10-16-5-4-15-11-18(27)12-19(26)22(15)23(24(16)28-13-17)14-6-8-29(9-7-14)20(30)2-1-3-21(31)32;/h10-14,23H,1-9H2,(H,31,32);/q;+1/p-1/t23-;/m1./s1. The van der Waals surface area contributed by atoms with Gasteiger partial charge in [-0.1, -0.05) is 27.5 Å². The van der Waals surface area contributed by atoms with Crippen molar-refractivity contribution in [2.45, 2.75) is 50.9 Å². The molecule has 0 radical (unpaired) electrons. The number of piperidine rings is 1. The first-order chi connectivity index (χ1) is 15.3. The number of nitrogens with zero attached hydrogens (tertiary/aromatic N) is 2. The first kappa shape index (κ1) is 27.2. The van der Waals surface area contributed by atoms with Crippen LogP contribution < -0.4 is 34.7 Å². The fraction of sp³-hybridized carbons (Fsp3) is 0.458. The Morgan fingerprint density at radius 1 is 1.09 bits per heavy atom. The molecule has 33 heavy (non-hydrogen) atoms. The van der Waals surface area contributed by atoms with E-state index in [9.17, 15) is 14.7 Å². The monoisotopic (exact) mass is 604 g/mol. The van der Waals surface area contributed by atoms with E-state index < -0.39 is 5.97 Å². The zero-order valence-electron chi connectivity index (χ0n) is 18.6. The predicted molar refractivity (Wildman–Crippen MR) is 129 cm³/mol. The molecule has 0 unspecified atom stereocenters. The molecule has 2 aromatic rings. The number of fused-ring (bicyclic) bond motifs is 2. The molecule has 1 aliphatic carbocycles. The number of carbonyl (C=O) groups excluding carboxylic acids is 2. The van der Waals surface area contributed by atoms with Crippen LogP contribution in [0.15, 0.2) is 33.3 Å². The predicted octanol–water partition coefficient (Wildman–Crippen LogP) is 1.65. The molecular formula is C24H24Br2ClN2NaO3. The molecule has 1 fully saturated rings. The van der Waals surface area contributed by atoms with Gasteiger partial charge in [-0.05, 0) is 95.3 Å². The van der Waals surface area contributed by atoms with Crippen molar-refractivity contribution in [1.82, 2.24) is 9.88 Å². The van der Waals surface area contributed by atoms with Gasteiger partial charge in [-0.15, -0.1) is 0 Å². The number of benzene rings is 1. The molecule has 2 heterocycles. The molecule has 1 aromatic heterocycles. The van der Waals surface area contributed by atoms with Gasteiger partial charge < -0.3 is 14.8 Å². The van der Waals surface area contributed by atoms with Gasteiger partial charge in [0.1, 0.15) is 0 Å². The molecule has 1 amide bonds. The Bertz CT molecular complexity index is 1040. The smallest absolute Gasteiger partial charge is 0.550 e. The molecule has 1 saturated heterocycles. The third-order valence-electron chi connectivity index (χ3n) is 6.55. The fourth-order valence-corrected chi connectivity index (χ4v) is 6.55. The number of aromatic nitrogens is 1. The van der Waals surface area contributed by atoms with E-state index in [-0.39, 0.29) is 54.2 Å². The molecule has 1 aromatic carbocycles. The van der Waals surface area contributed by atoms with Gasteiger partial charge in [-0.2, -0.15) is 0 Å². The minimum Gasteiger partial charge on any atom is -0.550 e. The van der Waals surface area contributed by atoms with Gasteiger partial charge in [0.2, 0.25) is 5.91 Å². The number of carboxylic acids is 1. The molecule has 170 valence electrons. The van der Waals surface area contributed by atoms with E-state index in [4.69, 9.17) is 16.6 Å². The van der Waals surface area contributed by atoms with E-state index in [1.807, 2.05) is 17.2 Å². The number of likely N-dealkylation sites (tertiary alicyclic amines) is 1. The summed E-state index contributed by atoms with van der Waals surface area (Å²) in [5.41, 5.74) is 4.89. The van der Waals surface area contributed by atoms with E-state index in [0.717, 1.165) is 45.3 Å². The van der Waals surface area contributed by atoms with Crippen molar-refractivity contribution in [3.05, 3.63) is 60.7 Å². The number of aryl methyl sites for hydroxylation is 2. The largest absolute Gasteiger partial charge is 1.00 e. The van der Waals surface area contributed by atoms with Crippen LogP contribution in [0.3, 0.4) is 0 Å².